The van der Waals surface area contributed by atoms with E-state index in [9.17, 15) is 5.11 Å². The lowest BCUT2D eigenvalue weighted by Crippen LogP contribution is -2.34. The highest BCUT2D eigenvalue weighted by Crippen LogP contribution is 2.37. The summed E-state index contributed by atoms with van der Waals surface area (Å²) in [6.45, 7) is 13.4. The van der Waals surface area contributed by atoms with Crippen LogP contribution in [0.25, 0.3) is 0 Å². The molecule has 0 aromatic rings. The predicted molar refractivity (Wildman–Crippen MR) is 113 cm³/mol. The van der Waals surface area contributed by atoms with E-state index in [2.05, 4.69) is 20.1 Å². The molecule has 154 valence electrons. The summed E-state index contributed by atoms with van der Waals surface area (Å²) in [5.74, 6) is 3.49. The van der Waals surface area contributed by atoms with E-state index in [1.807, 2.05) is 13.8 Å². The fraction of sp³-hybridized carbons (Fsp3) is 0.917. The first-order valence-corrected chi connectivity index (χ1v) is 11.5. The third kappa shape index (κ3) is 8.13. The minimum Gasteiger partial charge on any atom is -0.393 e. The number of aliphatic hydroxyl groups is 1. The van der Waals surface area contributed by atoms with Gasteiger partial charge in [0.2, 0.25) is 0 Å². The second-order valence-electron chi connectivity index (χ2n) is 8.59. The molecule has 2 heteroatoms. The molecule has 3 aliphatic rings. The van der Waals surface area contributed by atoms with Crippen LogP contribution in [0.2, 0.25) is 0 Å². The molecule has 3 rings (SSSR count). The van der Waals surface area contributed by atoms with Gasteiger partial charge in [0.15, 0.2) is 0 Å². The average Bonchev–Trinajstić information content (AvgIpc) is 2.72. The second-order valence-corrected chi connectivity index (χ2v) is 8.59. The Morgan fingerprint density at radius 1 is 0.769 bits per heavy atom. The summed E-state index contributed by atoms with van der Waals surface area (Å²) in [7, 11) is 0. The lowest BCUT2D eigenvalue weighted by atomic mass is 9.77. The first-order chi connectivity index (χ1) is 12.7. The fourth-order valence-electron chi connectivity index (χ4n) is 4.99. The van der Waals surface area contributed by atoms with Crippen LogP contribution in [0.3, 0.4) is 0 Å². The van der Waals surface area contributed by atoms with Gasteiger partial charge in [-0.15, -0.1) is 13.2 Å². The van der Waals surface area contributed by atoms with Crippen molar-refractivity contribution in [2.45, 2.75) is 110 Å². The average molecular weight is 367 g/mol. The molecule has 0 aromatic heterocycles. The van der Waals surface area contributed by atoms with Crippen LogP contribution >= 0.6 is 0 Å². The molecule has 0 radical (unpaired) electrons. The van der Waals surface area contributed by atoms with E-state index < -0.39 is 0 Å². The van der Waals surface area contributed by atoms with Gasteiger partial charge < -0.3 is 9.84 Å². The van der Waals surface area contributed by atoms with Gasteiger partial charge in [-0.05, 0) is 81.5 Å². The maximum atomic E-state index is 9.59. The Hall–Kier alpha value is -0.340. The Bertz CT molecular complexity index is 319. The summed E-state index contributed by atoms with van der Waals surface area (Å²) in [4.78, 5) is 0. The van der Waals surface area contributed by atoms with Crippen molar-refractivity contribution in [3.05, 3.63) is 13.2 Å². The first-order valence-electron chi connectivity index (χ1n) is 11.5. The third-order valence-corrected chi connectivity index (χ3v) is 6.79. The molecule has 0 bridgehead atoms. The summed E-state index contributed by atoms with van der Waals surface area (Å²) >= 11 is 0. The Balaban J connectivity index is 0.000000791. The molecule has 3 fully saturated rings. The molecule has 0 spiro atoms. The number of ether oxygens (including phenoxy) is 1. The van der Waals surface area contributed by atoms with Gasteiger partial charge in [-0.1, -0.05) is 40.0 Å². The van der Waals surface area contributed by atoms with Crippen molar-refractivity contribution in [1.82, 2.24) is 0 Å². The molecule has 1 heterocycles. The number of hydrogen-bond acceptors (Lipinski definition) is 2. The van der Waals surface area contributed by atoms with Gasteiger partial charge in [0, 0.05) is 6.61 Å². The number of hydrogen-bond donors (Lipinski definition) is 1. The molecule has 0 aromatic carbocycles. The van der Waals surface area contributed by atoms with Crippen LogP contribution in [0.1, 0.15) is 97.8 Å². The van der Waals surface area contributed by atoms with Gasteiger partial charge in [0.1, 0.15) is 0 Å². The third-order valence-electron chi connectivity index (χ3n) is 6.79. The van der Waals surface area contributed by atoms with Gasteiger partial charge in [-0.2, -0.15) is 0 Å². The van der Waals surface area contributed by atoms with E-state index in [4.69, 9.17) is 4.74 Å². The zero-order valence-electron chi connectivity index (χ0n) is 17.9. The minimum absolute atomic E-state index is 0.00627. The lowest BCUT2D eigenvalue weighted by molar-refractivity contribution is -0.0601. The van der Waals surface area contributed by atoms with Crippen molar-refractivity contribution in [1.29, 1.82) is 0 Å². The summed E-state index contributed by atoms with van der Waals surface area (Å²) in [5.41, 5.74) is 0. The lowest BCUT2D eigenvalue weighted by Gasteiger charge is -2.37. The maximum absolute atomic E-state index is 9.59. The summed E-state index contributed by atoms with van der Waals surface area (Å²) in [6, 6.07) is 0. The largest absolute Gasteiger partial charge is 0.393 e. The van der Waals surface area contributed by atoms with Crippen molar-refractivity contribution in [3.63, 3.8) is 0 Å². The smallest absolute Gasteiger partial charge is 0.0603 e. The van der Waals surface area contributed by atoms with Crippen molar-refractivity contribution in [2.75, 3.05) is 6.61 Å². The molecule has 2 unspecified atom stereocenters. The number of aliphatic hydroxyl groups excluding tert-OH is 1. The molecule has 1 saturated heterocycles. The Morgan fingerprint density at radius 3 is 1.85 bits per heavy atom. The van der Waals surface area contributed by atoms with Crippen molar-refractivity contribution in [2.24, 2.45) is 23.7 Å². The summed E-state index contributed by atoms with van der Waals surface area (Å²) in [5, 5.41) is 9.59. The van der Waals surface area contributed by atoms with Gasteiger partial charge in [-0.3, -0.25) is 0 Å². The molecule has 2 nitrogen and oxygen atoms in total. The monoisotopic (exact) mass is 366 g/mol. The molecule has 26 heavy (non-hydrogen) atoms. The van der Waals surface area contributed by atoms with Gasteiger partial charge >= 0.3 is 0 Å². The van der Waals surface area contributed by atoms with Crippen molar-refractivity contribution in [3.8, 4) is 0 Å². The fourth-order valence-corrected chi connectivity index (χ4v) is 4.99. The zero-order chi connectivity index (χ0) is 19.4. The van der Waals surface area contributed by atoms with Crippen LogP contribution in [0.15, 0.2) is 13.2 Å². The quantitative estimate of drug-likeness (QED) is 0.556. The SMILES string of the molecule is C=C.CC.CC1CCC(C2CCC(CCC3CCC(O)CC3)CO2)CC1. The van der Waals surface area contributed by atoms with Gasteiger partial charge in [0.05, 0.1) is 12.2 Å². The molecule has 1 aliphatic heterocycles. The molecule has 2 atom stereocenters. The molecule has 2 aliphatic carbocycles. The van der Waals surface area contributed by atoms with Crippen molar-refractivity contribution < 1.29 is 9.84 Å². The Kier molecular flexibility index (Phi) is 12.6. The van der Waals surface area contributed by atoms with E-state index in [1.54, 1.807) is 0 Å². The van der Waals surface area contributed by atoms with E-state index >= 15 is 0 Å². The van der Waals surface area contributed by atoms with Crippen LogP contribution in [0.4, 0.5) is 0 Å². The normalized spacial score (nSPS) is 37.5. The highest BCUT2D eigenvalue weighted by Gasteiger charge is 2.31. The highest BCUT2D eigenvalue weighted by atomic mass is 16.5. The summed E-state index contributed by atoms with van der Waals surface area (Å²) < 4.78 is 6.28. The topological polar surface area (TPSA) is 29.5 Å². The molecular weight excluding hydrogens is 320 g/mol. The van der Waals surface area contributed by atoms with Crippen LogP contribution < -0.4 is 0 Å². The zero-order valence-corrected chi connectivity index (χ0v) is 17.9. The van der Waals surface area contributed by atoms with Gasteiger partial charge in [-0.25, -0.2) is 0 Å². The highest BCUT2D eigenvalue weighted by molar-refractivity contribution is 4.81. The van der Waals surface area contributed by atoms with E-state index in [-0.39, 0.29) is 6.10 Å². The Morgan fingerprint density at radius 2 is 1.31 bits per heavy atom. The van der Waals surface area contributed by atoms with Crippen LogP contribution in [-0.4, -0.2) is 23.9 Å². The second kappa shape index (κ2) is 13.8. The van der Waals surface area contributed by atoms with Crippen LogP contribution in [0, 0.1) is 23.7 Å². The predicted octanol–water partition coefficient (Wildman–Crippen LogP) is 6.77. The molecule has 0 amide bonds. The van der Waals surface area contributed by atoms with E-state index in [1.165, 1.54) is 64.2 Å². The minimum atomic E-state index is -0.00627. The van der Waals surface area contributed by atoms with Crippen LogP contribution in [0.5, 0.6) is 0 Å². The molecule has 1 N–H and O–H groups in total. The summed E-state index contributed by atoms with van der Waals surface area (Å²) in [6.07, 6.45) is 16.2. The number of rotatable bonds is 4. The van der Waals surface area contributed by atoms with E-state index in [0.29, 0.717) is 6.10 Å². The Labute approximate surface area is 163 Å². The molecular formula is C24H46O2. The van der Waals surface area contributed by atoms with E-state index in [0.717, 1.165) is 43.1 Å². The van der Waals surface area contributed by atoms with Crippen molar-refractivity contribution >= 4 is 0 Å². The maximum Gasteiger partial charge on any atom is 0.0603 e. The molecule has 2 saturated carbocycles. The first kappa shape index (κ1) is 23.7. The standard InChI is InChI=1S/C20H36O2.C2H6.C2H4/c1-15-2-9-18(10-3-15)20-13-8-17(14-22-20)5-4-16-6-11-19(21)12-7-16;2*1-2/h15-21H,2-14H2,1H3;1-2H3;1-2H2. The van der Waals surface area contributed by atoms with Gasteiger partial charge in [0.25, 0.3) is 0 Å². The van der Waals surface area contributed by atoms with Crippen LogP contribution in [-0.2, 0) is 4.74 Å².